The summed E-state index contributed by atoms with van der Waals surface area (Å²) >= 11 is 1.58. The normalized spacial score (nSPS) is 17.7. The van der Waals surface area contributed by atoms with Crippen molar-refractivity contribution in [1.29, 1.82) is 0 Å². The molecule has 21 heavy (non-hydrogen) atoms. The Morgan fingerprint density at radius 2 is 2.05 bits per heavy atom. The fourth-order valence-corrected chi connectivity index (χ4v) is 4.14. The molecular weight excluding hydrogens is 306 g/mol. The molecule has 1 aromatic rings. The highest BCUT2D eigenvalue weighted by atomic mass is 32.2. The van der Waals surface area contributed by atoms with E-state index in [1.807, 2.05) is 17.7 Å². The Morgan fingerprint density at radius 3 is 2.62 bits per heavy atom. The summed E-state index contributed by atoms with van der Waals surface area (Å²) in [6.07, 6.45) is 0. The molecule has 5 nitrogen and oxygen atoms in total. The number of thiophene rings is 1. The molecule has 1 aliphatic heterocycles. The lowest BCUT2D eigenvalue weighted by molar-refractivity contribution is 0.133. The van der Waals surface area contributed by atoms with Crippen LogP contribution in [-0.4, -0.2) is 51.8 Å². The Kier molecular flexibility index (Phi) is 5.40. The first-order chi connectivity index (χ1) is 9.88. The maximum Gasteiger partial charge on any atom is 0.319 e. The zero-order chi connectivity index (χ0) is 15.5. The predicted octanol–water partition coefficient (Wildman–Crippen LogP) is 2.02. The van der Waals surface area contributed by atoms with Crippen LogP contribution in [0.3, 0.4) is 0 Å². The first kappa shape index (κ1) is 16.5. The molecule has 0 saturated carbocycles. The number of aryl methyl sites for hydroxylation is 1. The van der Waals surface area contributed by atoms with Crippen molar-refractivity contribution in [2.75, 3.05) is 36.5 Å². The van der Waals surface area contributed by atoms with E-state index in [0.29, 0.717) is 6.54 Å². The number of amides is 2. The fraction of sp³-hybridized carbons (Fsp3) is 0.643. The van der Waals surface area contributed by atoms with E-state index >= 15 is 0 Å². The van der Waals surface area contributed by atoms with E-state index in [1.165, 1.54) is 0 Å². The summed E-state index contributed by atoms with van der Waals surface area (Å²) in [5.74, 6) is 1.45. The van der Waals surface area contributed by atoms with Gasteiger partial charge in [0.1, 0.15) is 0 Å². The van der Waals surface area contributed by atoms with Gasteiger partial charge in [-0.25, -0.2) is 4.79 Å². The molecule has 1 fully saturated rings. The molecular formula is C14H23N3O2S2. The van der Waals surface area contributed by atoms with Crippen LogP contribution in [0.2, 0.25) is 0 Å². The molecule has 2 amide bonds. The molecule has 0 aromatic carbocycles. The molecule has 0 bridgehead atoms. The highest BCUT2D eigenvalue weighted by molar-refractivity contribution is 7.85. The lowest BCUT2D eigenvalue weighted by Gasteiger charge is -2.40. The van der Waals surface area contributed by atoms with Gasteiger partial charge in [0.05, 0.1) is 5.69 Å². The number of hydrogen-bond acceptors (Lipinski definition) is 4. The maximum atomic E-state index is 12.0. The van der Waals surface area contributed by atoms with Gasteiger partial charge in [0.2, 0.25) is 0 Å². The van der Waals surface area contributed by atoms with E-state index in [9.17, 15) is 9.00 Å². The van der Waals surface area contributed by atoms with Gasteiger partial charge in [-0.15, -0.1) is 11.3 Å². The van der Waals surface area contributed by atoms with Gasteiger partial charge in [0.25, 0.3) is 0 Å². The molecule has 0 spiro atoms. The van der Waals surface area contributed by atoms with Gasteiger partial charge in [-0.3, -0.25) is 9.11 Å². The van der Waals surface area contributed by atoms with E-state index < -0.39 is 10.8 Å². The van der Waals surface area contributed by atoms with Crippen LogP contribution in [0.25, 0.3) is 0 Å². The first-order valence-corrected chi connectivity index (χ1v) is 9.49. The summed E-state index contributed by atoms with van der Waals surface area (Å²) in [5, 5.41) is 9.74. The highest BCUT2D eigenvalue weighted by Gasteiger charge is 2.29. The third-order valence-corrected chi connectivity index (χ3v) is 5.96. The van der Waals surface area contributed by atoms with Crippen LogP contribution < -0.4 is 10.6 Å². The standard InChI is InChI=1S/C14H23N3O2S2/c1-11-8-20-9-12(11)16-13(18)15-10-14(2,3)17-4-6-21(19)7-5-17/h8-9H,4-7,10H2,1-3H3,(H2,15,16,18). The monoisotopic (exact) mass is 329 g/mol. The summed E-state index contributed by atoms with van der Waals surface area (Å²) in [6.45, 7) is 8.41. The topological polar surface area (TPSA) is 61.4 Å². The Hall–Kier alpha value is -0.920. The smallest absolute Gasteiger partial charge is 0.319 e. The number of urea groups is 1. The summed E-state index contributed by atoms with van der Waals surface area (Å²) in [5.41, 5.74) is 1.81. The number of hydrogen-bond donors (Lipinski definition) is 2. The summed E-state index contributed by atoms with van der Waals surface area (Å²) in [6, 6.07) is -0.176. The number of carbonyl (C=O) groups excluding carboxylic acids is 1. The predicted molar refractivity (Wildman–Crippen MR) is 89.6 cm³/mol. The first-order valence-electron chi connectivity index (χ1n) is 7.06. The van der Waals surface area contributed by atoms with Crippen molar-refractivity contribution < 1.29 is 9.00 Å². The zero-order valence-electron chi connectivity index (χ0n) is 12.8. The third-order valence-electron chi connectivity index (χ3n) is 3.82. The van der Waals surface area contributed by atoms with Gasteiger partial charge in [-0.05, 0) is 31.7 Å². The minimum Gasteiger partial charge on any atom is -0.336 e. The summed E-state index contributed by atoms with van der Waals surface area (Å²) in [4.78, 5) is 14.3. The van der Waals surface area contributed by atoms with Gasteiger partial charge in [0, 0.05) is 52.9 Å². The Morgan fingerprint density at radius 1 is 1.38 bits per heavy atom. The van der Waals surface area contributed by atoms with E-state index in [4.69, 9.17) is 0 Å². The van der Waals surface area contributed by atoms with Crippen LogP contribution in [0, 0.1) is 6.92 Å². The molecule has 2 N–H and O–H groups in total. The van der Waals surface area contributed by atoms with Crippen molar-refractivity contribution in [3.05, 3.63) is 16.3 Å². The average Bonchev–Trinajstić information content (AvgIpc) is 2.83. The van der Waals surface area contributed by atoms with Crippen LogP contribution in [0.4, 0.5) is 10.5 Å². The molecule has 1 aromatic heterocycles. The quantitative estimate of drug-likeness (QED) is 0.888. The van der Waals surface area contributed by atoms with Crippen LogP contribution in [-0.2, 0) is 10.8 Å². The molecule has 0 radical (unpaired) electrons. The Labute approximate surface area is 132 Å². The van der Waals surface area contributed by atoms with Gasteiger partial charge in [0.15, 0.2) is 0 Å². The molecule has 0 unspecified atom stereocenters. The SMILES string of the molecule is Cc1cscc1NC(=O)NCC(C)(C)N1CCS(=O)CC1. The number of carbonyl (C=O) groups is 1. The Balaban J connectivity index is 1.82. The average molecular weight is 329 g/mol. The highest BCUT2D eigenvalue weighted by Crippen LogP contribution is 2.19. The van der Waals surface area contributed by atoms with Crippen LogP contribution in [0.1, 0.15) is 19.4 Å². The van der Waals surface area contributed by atoms with E-state index in [0.717, 1.165) is 35.8 Å². The minimum atomic E-state index is -0.673. The van der Waals surface area contributed by atoms with Crippen molar-refractivity contribution >= 4 is 33.9 Å². The molecule has 118 valence electrons. The molecule has 1 aliphatic rings. The second-order valence-corrected chi connectivity index (χ2v) is 8.36. The van der Waals surface area contributed by atoms with Crippen molar-refractivity contribution in [1.82, 2.24) is 10.2 Å². The Bertz CT molecular complexity index is 518. The number of rotatable bonds is 4. The van der Waals surface area contributed by atoms with Gasteiger partial charge >= 0.3 is 6.03 Å². The van der Waals surface area contributed by atoms with Gasteiger partial charge in [-0.2, -0.15) is 0 Å². The molecule has 1 saturated heterocycles. The lowest BCUT2D eigenvalue weighted by Crippen LogP contribution is -2.56. The lowest BCUT2D eigenvalue weighted by atomic mass is 10.0. The largest absolute Gasteiger partial charge is 0.336 e. The number of nitrogens with one attached hydrogen (secondary N) is 2. The summed E-state index contributed by atoms with van der Waals surface area (Å²) < 4.78 is 11.4. The minimum absolute atomic E-state index is 0.133. The zero-order valence-corrected chi connectivity index (χ0v) is 14.4. The second-order valence-electron chi connectivity index (χ2n) is 5.92. The summed E-state index contributed by atoms with van der Waals surface area (Å²) in [7, 11) is -0.673. The maximum absolute atomic E-state index is 12.0. The molecule has 0 atom stereocenters. The van der Waals surface area contributed by atoms with Gasteiger partial charge in [-0.1, -0.05) is 0 Å². The molecule has 2 rings (SSSR count). The third kappa shape index (κ3) is 4.52. The number of nitrogens with zero attached hydrogens (tertiary/aromatic N) is 1. The van der Waals surface area contributed by atoms with Crippen molar-refractivity contribution in [2.45, 2.75) is 26.3 Å². The van der Waals surface area contributed by atoms with Crippen LogP contribution in [0.5, 0.6) is 0 Å². The van der Waals surface area contributed by atoms with Crippen molar-refractivity contribution in [2.24, 2.45) is 0 Å². The molecule has 2 heterocycles. The van der Waals surface area contributed by atoms with Gasteiger partial charge < -0.3 is 10.6 Å². The van der Waals surface area contributed by atoms with Crippen molar-refractivity contribution in [3.63, 3.8) is 0 Å². The number of anilines is 1. The second kappa shape index (κ2) is 6.89. The van der Waals surface area contributed by atoms with Crippen molar-refractivity contribution in [3.8, 4) is 0 Å². The molecule has 0 aliphatic carbocycles. The van der Waals surface area contributed by atoms with Crippen LogP contribution in [0.15, 0.2) is 10.8 Å². The van der Waals surface area contributed by atoms with E-state index in [2.05, 4.69) is 29.4 Å². The van der Waals surface area contributed by atoms with Crippen LogP contribution >= 0.6 is 11.3 Å². The van der Waals surface area contributed by atoms with E-state index in [-0.39, 0.29) is 11.6 Å². The molecule has 7 heteroatoms. The van der Waals surface area contributed by atoms with E-state index in [1.54, 1.807) is 11.3 Å². The fourth-order valence-electron chi connectivity index (χ4n) is 2.31.